The molecule has 0 aromatic heterocycles. The topological polar surface area (TPSA) is 23.6 Å². The molecule has 74 valence electrons. The molecule has 0 aromatic carbocycles. The minimum absolute atomic E-state index is 0.281. The lowest BCUT2D eigenvalue weighted by Gasteiger charge is -2.18. The summed E-state index contributed by atoms with van der Waals surface area (Å²) in [6.07, 6.45) is 1.05. The molecule has 2 saturated heterocycles. The number of carbonyl (C=O) groups excluding carboxylic acids is 1. The molecule has 1 unspecified atom stereocenters. The number of likely N-dealkylation sites (tertiary alicyclic amines) is 1. The fourth-order valence-electron chi connectivity index (χ4n) is 1.98. The highest BCUT2D eigenvalue weighted by atomic mass is 32.2. The molecule has 4 heteroatoms. The van der Waals surface area contributed by atoms with Crippen molar-refractivity contribution in [3.63, 3.8) is 0 Å². The Morgan fingerprint density at radius 1 is 1.46 bits per heavy atom. The van der Waals surface area contributed by atoms with E-state index in [0.29, 0.717) is 5.91 Å². The largest absolute Gasteiger partial charge is 0.332 e. The highest BCUT2D eigenvalue weighted by Gasteiger charge is 2.30. The average molecular weight is 200 g/mol. The average Bonchev–Trinajstić information content (AvgIpc) is 2.72. The van der Waals surface area contributed by atoms with E-state index >= 15 is 0 Å². The van der Waals surface area contributed by atoms with Gasteiger partial charge in [-0.25, -0.2) is 0 Å². The predicted octanol–water partition coefficient (Wildman–Crippen LogP) is 0.471. The van der Waals surface area contributed by atoms with Crippen LogP contribution in [0.3, 0.4) is 0 Å². The van der Waals surface area contributed by atoms with Gasteiger partial charge in [-0.3, -0.25) is 4.79 Å². The van der Waals surface area contributed by atoms with Crippen LogP contribution >= 0.6 is 11.8 Å². The maximum atomic E-state index is 11.9. The Morgan fingerprint density at radius 3 is 2.85 bits per heavy atom. The lowest BCUT2D eigenvalue weighted by Crippen LogP contribution is -2.34. The first-order valence-electron chi connectivity index (χ1n) is 4.82. The molecule has 0 bridgehead atoms. The van der Waals surface area contributed by atoms with Gasteiger partial charge in [-0.2, -0.15) is 0 Å². The van der Waals surface area contributed by atoms with Crippen LogP contribution in [0.1, 0.15) is 6.42 Å². The molecule has 2 aliphatic rings. The van der Waals surface area contributed by atoms with Crippen LogP contribution in [-0.2, 0) is 4.79 Å². The molecule has 1 atom stereocenters. The molecular weight excluding hydrogens is 184 g/mol. The van der Waals surface area contributed by atoms with E-state index in [-0.39, 0.29) is 5.92 Å². The number of thioether (sulfide) groups is 1. The number of hydrogen-bond acceptors (Lipinski definition) is 3. The van der Waals surface area contributed by atoms with Gasteiger partial charge in [0.25, 0.3) is 0 Å². The Morgan fingerprint density at radius 2 is 2.31 bits per heavy atom. The monoisotopic (exact) mass is 200 g/mol. The van der Waals surface area contributed by atoms with Crippen molar-refractivity contribution in [3.8, 4) is 0 Å². The molecule has 2 aliphatic heterocycles. The van der Waals surface area contributed by atoms with E-state index in [1.165, 1.54) is 0 Å². The highest BCUT2D eigenvalue weighted by Crippen LogP contribution is 2.21. The van der Waals surface area contributed by atoms with Crippen molar-refractivity contribution in [2.24, 2.45) is 5.92 Å². The molecule has 0 aliphatic carbocycles. The van der Waals surface area contributed by atoms with Gasteiger partial charge in [0.2, 0.25) is 5.91 Å². The van der Waals surface area contributed by atoms with Crippen molar-refractivity contribution >= 4 is 17.7 Å². The number of nitrogens with zero attached hydrogens (tertiary/aromatic N) is 2. The zero-order valence-electron chi connectivity index (χ0n) is 8.03. The molecule has 2 rings (SSSR count). The molecule has 0 saturated carbocycles. The summed E-state index contributed by atoms with van der Waals surface area (Å²) in [5, 5.41) is 0. The molecule has 1 amide bonds. The fourth-order valence-corrected chi connectivity index (χ4v) is 2.94. The van der Waals surface area contributed by atoms with Crippen molar-refractivity contribution in [2.75, 3.05) is 38.3 Å². The lowest BCUT2D eigenvalue weighted by atomic mass is 10.1. The number of hydrogen-bond donors (Lipinski definition) is 0. The number of amides is 1. The van der Waals surface area contributed by atoms with E-state index in [2.05, 4.69) is 11.9 Å². The second kappa shape index (κ2) is 3.88. The molecule has 2 fully saturated rings. The Labute approximate surface area is 83.5 Å². The van der Waals surface area contributed by atoms with Gasteiger partial charge in [0.05, 0.1) is 11.8 Å². The normalized spacial score (nSPS) is 29.9. The Kier molecular flexibility index (Phi) is 2.79. The smallest absolute Gasteiger partial charge is 0.227 e. The van der Waals surface area contributed by atoms with E-state index in [0.717, 1.165) is 37.7 Å². The summed E-state index contributed by atoms with van der Waals surface area (Å²) in [6, 6.07) is 0. The molecule has 0 spiro atoms. The van der Waals surface area contributed by atoms with Gasteiger partial charge >= 0.3 is 0 Å². The number of rotatable bonds is 1. The Balaban J connectivity index is 1.89. The SMILES string of the molecule is CN1CCC(C(=O)N2CCSC2)C1. The van der Waals surface area contributed by atoms with Crippen LogP contribution in [0, 0.1) is 5.92 Å². The van der Waals surface area contributed by atoms with Gasteiger partial charge < -0.3 is 9.80 Å². The third-order valence-electron chi connectivity index (χ3n) is 2.80. The van der Waals surface area contributed by atoms with Gasteiger partial charge in [0.1, 0.15) is 0 Å². The third kappa shape index (κ3) is 1.99. The molecule has 2 heterocycles. The van der Waals surface area contributed by atoms with Gasteiger partial charge in [-0.05, 0) is 20.0 Å². The van der Waals surface area contributed by atoms with Gasteiger partial charge in [0.15, 0.2) is 0 Å². The molecular formula is C9H16N2OS. The Bertz CT molecular complexity index is 204. The van der Waals surface area contributed by atoms with Crippen LogP contribution in [0.5, 0.6) is 0 Å². The quantitative estimate of drug-likeness (QED) is 0.615. The summed E-state index contributed by atoms with van der Waals surface area (Å²) in [5.41, 5.74) is 0. The van der Waals surface area contributed by atoms with Crippen LogP contribution in [0.15, 0.2) is 0 Å². The molecule has 0 radical (unpaired) electrons. The maximum absolute atomic E-state index is 11.9. The molecule has 3 nitrogen and oxygen atoms in total. The molecule has 0 N–H and O–H groups in total. The van der Waals surface area contributed by atoms with E-state index in [4.69, 9.17) is 0 Å². The zero-order chi connectivity index (χ0) is 9.26. The Hall–Kier alpha value is -0.220. The highest BCUT2D eigenvalue weighted by molar-refractivity contribution is 7.99. The molecule has 13 heavy (non-hydrogen) atoms. The first-order valence-corrected chi connectivity index (χ1v) is 5.98. The van der Waals surface area contributed by atoms with Crippen molar-refractivity contribution in [1.82, 2.24) is 9.80 Å². The standard InChI is InChI=1S/C9H16N2OS/c1-10-3-2-8(6-10)9(12)11-4-5-13-7-11/h8H,2-7H2,1H3. The van der Waals surface area contributed by atoms with E-state index < -0.39 is 0 Å². The maximum Gasteiger partial charge on any atom is 0.227 e. The summed E-state index contributed by atoms with van der Waals surface area (Å²) < 4.78 is 0. The zero-order valence-corrected chi connectivity index (χ0v) is 8.85. The predicted molar refractivity (Wildman–Crippen MR) is 54.6 cm³/mol. The van der Waals surface area contributed by atoms with Crippen LogP contribution in [0.4, 0.5) is 0 Å². The summed E-state index contributed by atoms with van der Waals surface area (Å²) in [7, 11) is 2.09. The summed E-state index contributed by atoms with van der Waals surface area (Å²) >= 11 is 1.86. The second-order valence-electron chi connectivity index (χ2n) is 3.89. The van der Waals surface area contributed by atoms with E-state index in [1.807, 2.05) is 16.7 Å². The second-order valence-corrected chi connectivity index (χ2v) is 4.96. The van der Waals surface area contributed by atoms with Gasteiger partial charge in [0, 0.05) is 18.8 Å². The van der Waals surface area contributed by atoms with Crippen molar-refractivity contribution in [3.05, 3.63) is 0 Å². The van der Waals surface area contributed by atoms with Crippen LogP contribution in [0.25, 0.3) is 0 Å². The van der Waals surface area contributed by atoms with Crippen molar-refractivity contribution in [1.29, 1.82) is 0 Å². The van der Waals surface area contributed by atoms with Gasteiger partial charge in [-0.1, -0.05) is 0 Å². The van der Waals surface area contributed by atoms with Crippen molar-refractivity contribution < 1.29 is 4.79 Å². The van der Waals surface area contributed by atoms with E-state index in [1.54, 1.807) is 0 Å². The van der Waals surface area contributed by atoms with E-state index in [9.17, 15) is 4.79 Å². The van der Waals surface area contributed by atoms with Crippen LogP contribution in [0.2, 0.25) is 0 Å². The summed E-state index contributed by atoms with van der Waals surface area (Å²) in [5.74, 6) is 2.70. The summed E-state index contributed by atoms with van der Waals surface area (Å²) in [6.45, 7) is 3.00. The first kappa shape index (κ1) is 9.34. The van der Waals surface area contributed by atoms with Crippen LogP contribution in [-0.4, -0.2) is 54.0 Å². The third-order valence-corrected chi connectivity index (χ3v) is 3.77. The minimum atomic E-state index is 0.281. The van der Waals surface area contributed by atoms with Crippen LogP contribution < -0.4 is 0 Å². The van der Waals surface area contributed by atoms with Gasteiger partial charge in [-0.15, -0.1) is 11.8 Å². The minimum Gasteiger partial charge on any atom is -0.332 e. The summed E-state index contributed by atoms with van der Waals surface area (Å²) in [4.78, 5) is 16.1. The van der Waals surface area contributed by atoms with Crippen molar-refractivity contribution in [2.45, 2.75) is 6.42 Å². The number of carbonyl (C=O) groups is 1. The fraction of sp³-hybridized carbons (Fsp3) is 0.889. The lowest BCUT2D eigenvalue weighted by molar-refractivity contribution is -0.133. The molecule has 0 aromatic rings. The first-order chi connectivity index (χ1) is 6.27.